The lowest BCUT2D eigenvalue weighted by Gasteiger charge is -2.39. The topological polar surface area (TPSA) is 20.2 Å². The lowest BCUT2D eigenvalue weighted by atomic mass is 9.67. The number of hydrogen-bond acceptors (Lipinski definition) is 1. The van der Waals surface area contributed by atoms with Gasteiger partial charge >= 0.3 is 0 Å². The van der Waals surface area contributed by atoms with Crippen molar-refractivity contribution in [1.29, 1.82) is 0 Å². The summed E-state index contributed by atoms with van der Waals surface area (Å²) in [6, 6.07) is 6.84. The van der Waals surface area contributed by atoms with Crippen molar-refractivity contribution in [2.45, 2.75) is 58.3 Å². The Morgan fingerprint density at radius 1 is 1.30 bits per heavy atom. The molecule has 0 unspecified atom stereocenters. The molecule has 1 aromatic carbocycles. The molecule has 0 heterocycles. The van der Waals surface area contributed by atoms with Crippen LogP contribution in [0.25, 0.3) is 0 Å². The van der Waals surface area contributed by atoms with E-state index < -0.39 is 0 Å². The third-order valence-electron chi connectivity index (χ3n) is 4.94. The number of unbranched alkanes of at least 4 members (excludes halogenated alkanes) is 1. The molecule has 112 valence electrons. The van der Waals surface area contributed by atoms with E-state index in [1.54, 1.807) is 12.1 Å². The average molecular weight is 278 g/mol. The van der Waals surface area contributed by atoms with Crippen LogP contribution < -0.4 is 0 Å². The average Bonchev–Trinajstić information content (AvgIpc) is 2.47. The van der Waals surface area contributed by atoms with E-state index in [9.17, 15) is 9.50 Å². The first-order valence-corrected chi connectivity index (χ1v) is 8.03. The van der Waals surface area contributed by atoms with Crippen molar-refractivity contribution in [3.8, 4) is 0 Å². The molecule has 0 amide bonds. The molecule has 20 heavy (non-hydrogen) atoms. The summed E-state index contributed by atoms with van der Waals surface area (Å²) in [6.07, 6.45) is 9.32. The number of aliphatic hydroxyl groups is 1. The van der Waals surface area contributed by atoms with Crippen molar-refractivity contribution >= 4 is 0 Å². The molecular weight excluding hydrogens is 251 g/mol. The molecule has 1 saturated carbocycles. The number of benzene rings is 1. The molecule has 1 aromatic rings. The van der Waals surface area contributed by atoms with E-state index in [2.05, 4.69) is 6.92 Å². The third-order valence-corrected chi connectivity index (χ3v) is 4.94. The van der Waals surface area contributed by atoms with Crippen LogP contribution in [0.2, 0.25) is 0 Å². The summed E-state index contributed by atoms with van der Waals surface area (Å²) in [6.45, 7) is 2.47. The fraction of sp³-hybridized carbons (Fsp3) is 0.667. The standard InChI is InChI=1S/C18H27FO/c1-2-3-5-15-8-10-18(14-20,11-9-15)13-16-6-4-7-17(19)12-16/h4,6-7,12,15,20H,2-3,5,8-11,13-14H2,1H3. The van der Waals surface area contributed by atoms with E-state index in [-0.39, 0.29) is 17.8 Å². The third kappa shape index (κ3) is 4.05. The van der Waals surface area contributed by atoms with E-state index in [0.717, 1.165) is 30.7 Å². The van der Waals surface area contributed by atoms with E-state index in [4.69, 9.17) is 0 Å². The van der Waals surface area contributed by atoms with Gasteiger partial charge in [-0.05, 0) is 61.1 Å². The number of halogens is 1. The van der Waals surface area contributed by atoms with Gasteiger partial charge < -0.3 is 5.11 Å². The molecule has 2 rings (SSSR count). The first-order chi connectivity index (χ1) is 9.67. The first-order valence-electron chi connectivity index (χ1n) is 8.03. The van der Waals surface area contributed by atoms with Crippen molar-refractivity contribution in [3.05, 3.63) is 35.6 Å². The second-order valence-electron chi connectivity index (χ2n) is 6.55. The fourth-order valence-corrected chi connectivity index (χ4v) is 3.54. The smallest absolute Gasteiger partial charge is 0.123 e. The predicted molar refractivity (Wildman–Crippen MR) is 81.1 cm³/mol. The molecule has 0 radical (unpaired) electrons. The van der Waals surface area contributed by atoms with Gasteiger partial charge in [-0.2, -0.15) is 0 Å². The highest BCUT2D eigenvalue weighted by atomic mass is 19.1. The van der Waals surface area contributed by atoms with Gasteiger partial charge in [-0.15, -0.1) is 0 Å². The van der Waals surface area contributed by atoms with Gasteiger partial charge in [0.15, 0.2) is 0 Å². The van der Waals surface area contributed by atoms with Crippen LogP contribution in [0.4, 0.5) is 4.39 Å². The van der Waals surface area contributed by atoms with Crippen LogP contribution in [0.15, 0.2) is 24.3 Å². The zero-order valence-corrected chi connectivity index (χ0v) is 12.6. The highest BCUT2D eigenvalue weighted by Gasteiger charge is 2.34. The van der Waals surface area contributed by atoms with Crippen molar-refractivity contribution in [2.24, 2.45) is 11.3 Å². The van der Waals surface area contributed by atoms with Gasteiger partial charge in [0.05, 0.1) is 0 Å². The van der Waals surface area contributed by atoms with E-state index >= 15 is 0 Å². The van der Waals surface area contributed by atoms with Crippen LogP contribution in [-0.2, 0) is 6.42 Å². The zero-order chi connectivity index (χ0) is 14.4. The minimum absolute atomic E-state index is 0.0174. The normalized spacial score (nSPS) is 26.6. The lowest BCUT2D eigenvalue weighted by molar-refractivity contribution is 0.0620. The lowest BCUT2D eigenvalue weighted by Crippen LogP contribution is -2.33. The Morgan fingerprint density at radius 3 is 2.65 bits per heavy atom. The summed E-state index contributed by atoms with van der Waals surface area (Å²) < 4.78 is 13.3. The largest absolute Gasteiger partial charge is 0.396 e. The van der Waals surface area contributed by atoms with Crippen LogP contribution in [-0.4, -0.2) is 11.7 Å². The quantitative estimate of drug-likeness (QED) is 0.797. The minimum Gasteiger partial charge on any atom is -0.396 e. The van der Waals surface area contributed by atoms with Gasteiger partial charge in [0.25, 0.3) is 0 Å². The van der Waals surface area contributed by atoms with Crippen LogP contribution in [0, 0.1) is 17.2 Å². The molecular formula is C18H27FO. The van der Waals surface area contributed by atoms with Gasteiger partial charge in [-0.1, -0.05) is 38.3 Å². The van der Waals surface area contributed by atoms with E-state index in [1.165, 1.54) is 38.2 Å². The molecule has 0 spiro atoms. The maximum atomic E-state index is 13.3. The second kappa shape index (κ2) is 7.21. The highest BCUT2D eigenvalue weighted by Crippen LogP contribution is 2.42. The molecule has 1 aliphatic rings. The molecule has 0 bridgehead atoms. The van der Waals surface area contributed by atoms with E-state index in [1.807, 2.05) is 6.07 Å². The second-order valence-corrected chi connectivity index (χ2v) is 6.55. The van der Waals surface area contributed by atoms with Crippen molar-refractivity contribution in [2.75, 3.05) is 6.61 Å². The van der Waals surface area contributed by atoms with Crippen LogP contribution in [0.3, 0.4) is 0 Å². The molecule has 1 nitrogen and oxygen atoms in total. The molecule has 0 atom stereocenters. The Balaban J connectivity index is 1.94. The Kier molecular flexibility index (Phi) is 5.59. The van der Waals surface area contributed by atoms with Crippen molar-refractivity contribution in [1.82, 2.24) is 0 Å². The van der Waals surface area contributed by atoms with Crippen LogP contribution >= 0.6 is 0 Å². The van der Waals surface area contributed by atoms with Gasteiger partial charge in [-0.3, -0.25) is 0 Å². The summed E-state index contributed by atoms with van der Waals surface area (Å²) in [5, 5.41) is 9.84. The number of aliphatic hydroxyl groups excluding tert-OH is 1. The van der Waals surface area contributed by atoms with Crippen molar-refractivity contribution in [3.63, 3.8) is 0 Å². The Labute approximate surface area is 122 Å². The molecule has 0 aliphatic heterocycles. The molecule has 0 saturated heterocycles. The van der Waals surface area contributed by atoms with Gasteiger partial charge in [0.2, 0.25) is 0 Å². The predicted octanol–water partition coefficient (Wildman–Crippen LogP) is 4.73. The first kappa shape index (κ1) is 15.5. The van der Waals surface area contributed by atoms with Crippen LogP contribution in [0.1, 0.15) is 57.4 Å². The maximum Gasteiger partial charge on any atom is 0.123 e. The molecule has 1 N–H and O–H groups in total. The summed E-state index contributed by atoms with van der Waals surface area (Å²) in [7, 11) is 0. The maximum absolute atomic E-state index is 13.3. The molecule has 1 fully saturated rings. The van der Waals surface area contributed by atoms with Crippen LogP contribution in [0.5, 0.6) is 0 Å². The monoisotopic (exact) mass is 278 g/mol. The Morgan fingerprint density at radius 2 is 2.05 bits per heavy atom. The molecule has 2 heteroatoms. The number of hydrogen-bond donors (Lipinski definition) is 1. The molecule has 0 aromatic heterocycles. The highest BCUT2D eigenvalue weighted by molar-refractivity contribution is 5.18. The summed E-state index contributed by atoms with van der Waals surface area (Å²) in [5.41, 5.74) is 1.00. The van der Waals surface area contributed by atoms with E-state index in [0.29, 0.717) is 0 Å². The summed E-state index contributed by atoms with van der Waals surface area (Å²) in [4.78, 5) is 0. The fourth-order valence-electron chi connectivity index (χ4n) is 3.54. The number of rotatable bonds is 6. The van der Waals surface area contributed by atoms with Crippen molar-refractivity contribution < 1.29 is 9.50 Å². The van der Waals surface area contributed by atoms with Gasteiger partial charge in [-0.25, -0.2) is 4.39 Å². The Hall–Kier alpha value is -0.890. The minimum atomic E-state index is -0.174. The SMILES string of the molecule is CCCCC1CCC(CO)(Cc2cccc(F)c2)CC1. The summed E-state index contributed by atoms with van der Waals surface area (Å²) >= 11 is 0. The summed E-state index contributed by atoms with van der Waals surface area (Å²) in [5.74, 6) is 0.661. The Bertz CT molecular complexity index is 408. The zero-order valence-electron chi connectivity index (χ0n) is 12.6. The molecule has 1 aliphatic carbocycles. The van der Waals surface area contributed by atoms with Gasteiger partial charge in [0, 0.05) is 6.61 Å². The van der Waals surface area contributed by atoms with Gasteiger partial charge in [0.1, 0.15) is 5.82 Å².